The predicted molar refractivity (Wildman–Crippen MR) is 103 cm³/mol. The number of methoxy groups -OCH3 is 2. The van der Waals surface area contributed by atoms with Gasteiger partial charge >= 0.3 is 11.4 Å². The van der Waals surface area contributed by atoms with E-state index in [1.807, 2.05) is 0 Å². The summed E-state index contributed by atoms with van der Waals surface area (Å²) in [6, 6.07) is 7.36. The van der Waals surface area contributed by atoms with Crippen molar-refractivity contribution in [2.45, 2.75) is 0 Å². The van der Waals surface area contributed by atoms with E-state index in [1.54, 1.807) is 24.1 Å². The molecule has 158 valence electrons. The zero-order valence-corrected chi connectivity index (χ0v) is 16.1. The second-order valence-electron chi connectivity index (χ2n) is 5.62. The Balaban J connectivity index is 0.000000232. The van der Waals surface area contributed by atoms with Crippen LogP contribution in [0.4, 0.5) is 15.8 Å². The van der Waals surface area contributed by atoms with Crippen LogP contribution in [0.5, 0.6) is 23.0 Å². The van der Waals surface area contributed by atoms with Crippen molar-refractivity contribution in [3.63, 3.8) is 0 Å². The van der Waals surface area contributed by atoms with E-state index in [4.69, 9.17) is 9.47 Å². The van der Waals surface area contributed by atoms with Crippen molar-refractivity contribution in [2.75, 3.05) is 14.2 Å². The van der Waals surface area contributed by atoms with Crippen LogP contribution in [0.15, 0.2) is 48.8 Å². The van der Waals surface area contributed by atoms with Gasteiger partial charge in [0.2, 0.25) is 5.75 Å². The molecule has 1 heterocycles. The average molecular weight is 420 g/mol. The van der Waals surface area contributed by atoms with Gasteiger partial charge in [0.15, 0.2) is 11.5 Å². The monoisotopic (exact) mass is 420 g/mol. The van der Waals surface area contributed by atoms with Crippen molar-refractivity contribution in [2.24, 2.45) is 7.05 Å². The maximum Gasteiger partial charge on any atom is 0.311 e. The second kappa shape index (κ2) is 9.82. The Morgan fingerprint density at radius 3 is 2.00 bits per heavy atom. The summed E-state index contributed by atoms with van der Waals surface area (Å²) in [5, 5.41) is 25.0. The van der Waals surface area contributed by atoms with Gasteiger partial charge in [-0.2, -0.15) is 5.10 Å². The lowest BCUT2D eigenvalue weighted by Gasteiger charge is -2.05. The average Bonchev–Trinajstić information content (AvgIpc) is 3.12. The van der Waals surface area contributed by atoms with Crippen LogP contribution in [0.3, 0.4) is 0 Å². The molecule has 3 rings (SSSR count). The molecule has 11 nitrogen and oxygen atoms in total. The first-order valence-electron chi connectivity index (χ1n) is 8.22. The lowest BCUT2D eigenvalue weighted by molar-refractivity contribution is -0.385. The third-order valence-corrected chi connectivity index (χ3v) is 3.60. The molecule has 0 N–H and O–H groups in total. The zero-order valence-electron chi connectivity index (χ0n) is 16.1. The minimum atomic E-state index is -0.627. The fourth-order valence-electron chi connectivity index (χ4n) is 2.26. The van der Waals surface area contributed by atoms with Crippen molar-refractivity contribution in [1.29, 1.82) is 0 Å². The number of hydrogen-bond acceptors (Lipinski definition) is 8. The molecule has 1 aromatic heterocycles. The van der Waals surface area contributed by atoms with Crippen LogP contribution in [0.25, 0.3) is 0 Å². The van der Waals surface area contributed by atoms with Crippen LogP contribution in [0.2, 0.25) is 0 Å². The van der Waals surface area contributed by atoms with Crippen molar-refractivity contribution >= 4 is 11.4 Å². The molecule has 0 aliphatic heterocycles. The fourth-order valence-corrected chi connectivity index (χ4v) is 2.26. The van der Waals surface area contributed by atoms with E-state index in [1.165, 1.54) is 32.4 Å². The topological polar surface area (TPSA) is 132 Å². The normalized spacial score (nSPS) is 9.87. The van der Waals surface area contributed by atoms with Gasteiger partial charge < -0.3 is 14.2 Å². The Labute approximate surface area is 169 Å². The van der Waals surface area contributed by atoms with Crippen LogP contribution in [0, 0.1) is 26.0 Å². The Bertz CT molecular complexity index is 1050. The smallest absolute Gasteiger partial charge is 0.311 e. The first-order chi connectivity index (χ1) is 14.2. The second-order valence-corrected chi connectivity index (χ2v) is 5.62. The summed E-state index contributed by atoms with van der Waals surface area (Å²) in [5.41, 5.74) is -0.338. The number of nitrogens with zero attached hydrogens (tertiary/aromatic N) is 4. The summed E-state index contributed by atoms with van der Waals surface area (Å²) in [6.07, 6.45) is 3.24. The van der Waals surface area contributed by atoms with Crippen molar-refractivity contribution < 1.29 is 28.4 Å². The van der Waals surface area contributed by atoms with Crippen LogP contribution in [0.1, 0.15) is 0 Å². The molecule has 0 saturated carbocycles. The molecule has 0 atom stereocenters. The molecule has 3 aromatic rings. The van der Waals surface area contributed by atoms with Crippen LogP contribution in [-0.2, 0) is 7.05 Å². The van der Waals surface area contributed by atoms with Gasteiger partial charge in [-0.15, -0.1) is 0 Å². The predicted octanol–water partition coefficient (Wildman–Crippen LogP) is 3.87. The number of rotatable bonds is 6. The lowest BCUT2D eigenvalue weighted by Crippen LogP contribution is -1.94. The highest BCUT2D eigenvalue weighted by Gasteiger charge is 2.16. The molecule has 12 heteroatoms. The van der Waals surface area contributed by atoms with Gasteiger partial charge in [0.25, 0.3) is 0 Å². The Morgan fingerprint density at radius 2 is 1.50 bits per heavy atom. The van der Waals surface area contributed by atoms with E-state index in [9.17, 15) is 24.6 Å². The molecule has 0 aliphatic carbocycles. The standard InChI is InChI=1S/C11H11N3O4.C7H6FNO3/c1-13-7-9(6-12-13)18-8-3-4-10(14(15)16)11(5-8)17-2;1-12-7-4-5(8)2-3-6(7)9(10)11/h3-7H,1-2H3;2-4H,1H3. The number of halogens is 1. The third-order valence-electron chi connectivity index (χ3n) is 3.60. The van der Waals surface area contributed by atoms with Crippen molar-refractivity contribution in [3.8, 4) is 23.0 Å². The number of aromatic nitrogens is 2. The molecule has 2 aromatic carbocycles. The summed E-state index contributed by atoms with van der Waals surface area (Å²) in [7, 11) is 4.39. The number of ether oxygens (including phenoxy) is 3. The van der Waals surface area contributed by atoms with Gasteiger partial charge in [-0.3, -0.25) is 24.9 Å². The molecule has 0 spiro atoms. The maximum atomic E-state index is 12.5. The van der Waals surface area contributed by atoms with E-state index in [2.05, 4.69) is 9.84 Å². The number of benzene rings is 2. The molecular weight excluding hydrogens is 403 g/mol. The largest absolute Gasteiger partial charge is 0.490 e. The third kappa shape index (κ3) is 5.64. The fraction of sp³-hybridized carbons (Fsp3) is 0.167. The summed E-state index contributed by atoms with van der Waals surface area (Å²) < 4.78 is 29.1. The quantitative estimate of drug-likeness (QED) is 0.434. The highest BCUT2D eigenvalue weighted by molar-refractivity contribution is 5.51. The van der Waals surface area contributed by atoms with Crippen LogP contribution < -0.4 is 14.2 Å². The van der Waals surface area contributed by atoms with Gasteiger partial charge in [-0.05, 0) is 12.1 Å². The first kappa shape index (κ1) is 22.1. The van der Waals surface area contributed by atoms with Crippen molar-refractivity contribution in [3.05, 3.63) is 74.8 Å². The molecule has 0 radical (unpaired) electrons. The lowest BCUT2D eigenvalue weighted by atomic mass is 10.3. The molecule has 0 fully saturated rings. The highest BCUT2D eigenvalue weighted by Crippen LogP contribution is 2.32. The molecular formula is C18H17FN4O7. The molecule has 0 amide bonds. The summed E-state index contributed by atoms with van der Waals surface area (Å²) in [6.45, 7) is 0. The van der Waals surface area contributed by atoms with Crippen molar-refractivity contribution in [1.82, 2.24) is 9.78 Å². The maximum absolute atomic E-state index is 12.5. The molecule has 0 saturated heterocycles. The van der Waals surface area contributed by atoms with E-state index in [0.29, 0.717) is 11.5 Å². The van der Waals surface area contributed by atoms with E-state index in [0.717, 1.165) is 18.2 Å². The van der Waals surface area contributed by atoms with E-state index < -0.39 is 15.7 Å². The van der Waals surface area contributed by atoms with Gasteiger partial charge in [-0.25, -0.2) is 4.39 Å². The molecule has 0 aliphatic rings. The van der Waals surface area contributed by atoms with E-state index >= 15 is 0 Å². The van der Waals surface area contributed by atoms with E-state index in [-0.39, 0.29) is 22.9 Å². The Kier molecular flexibility index (Phi) is 7.22. The zero-order chi connectivity index (χ0) is 22.3. The molecule has 30 heavy (non-hydrogen) atoms. The molecule has 0 unspecified atom stereocenters. The van der Waals surface area contributed by atoms with Crippen LogP contribution >= 0.6 is 0 Å². The Morgan fingerprint density at radius 1 is 0.933 bits per heavy atom. The summed E-state index contributed by atoms with van der Waals surface area (Å²) in [4.78, 5) is 19.9. The molecule has 0 bridgehead atoms. The van der Waals surface area contributed by atoms with Gasteiger partial charge in [0.05, 0.1) is 36.5 Å². The minimum absolute atomic E-state index is 0.0694. The Hall–Kier alpha value is -4.22. The van der Waals surface area contributed by atoms with Gasteiger partial charge in [0, 0.05) is 31.3 Å². The highest BCUT2D eigenvalue weighted by atomic mass is 19.1. The number of hydrogen-bond donors (Lipinski definition) is 0. The number of aryl methyl sites for hydroxylation is 1. The summed E-state index contributed by atoms with van der Waals surface area (Å²) >= 11 is 0. The first-order valence-corrected chi connectivity index (χ1v) is 8.22. The van der Waals surface area contributed by atoms with Crippen LogP contribution in [-0.4, -0.2) is 33.8 Å². The number of nitro benzene ring substituents is 2. The van der Waals surface area contributed by atoms with Gasteiger partial charge in [-0.1, -0.05) is 0 Å². The number of nitro groups is 2. The minimum Gasteiger partial charge on any atom is -0.490 e. The summed E-state index contributed by atoms with van der Waals surface area (Å²) in [5.74, 6) is 0.526. The SMILES string of the molecule is COc1cc(F)ccc1[N+](=O)[O-].COc1cc(Oc2cnn(C)c2)ccc1[N+](=O)[O-]. The van der Waals surface area contributed by atoms with Gasteiger partial charge in [0.1, 0.15) is 11.6 Å².